The van der Waals surface area contributed by atoms with Crippen molar-refractivity contribution in [3.8, 4) is 6.07 Å². The molecule has 0 aliphatic rings. The van der Waals surface area contributed by atoms with Crippen molar-refractivity contribution in [2.24, 2.45) is 0 Å². The minimum atomic E-state index is -2.02. The third kappa shape index (κ3) is 4.33. The van der Waals surface area contributed by atoms with Gasteiger partial charge in [0.15, 0.2) is 5.76 Å². The van der Waals surface area contributed by atoms with Gasteiger partial charge in [-0.1, -0.05) is 60.7 Å². The lowest BCUT2D eigenvalue weighted by atomic mass is 9.92. The van der Waals surface area contributed by atoms with Crippen molar-refractivity contribution < 1.29 is 9.22 Å². The molecule has 0 aliphatic heterocycles. The maximum absolute atomic E-state index is 11.8. The van der Waals surface area contributed by atoms with Crippen molar-refractivity contribution in [1.82, 2.24) is 0 Å². The molecule has 0 fully saturated rings. The van der Waals surface area contributed by atoms with Gasteiger partial charge in [-0.2, -0.15) is 5.26 Å². The number of rotatable bonds is 5. The van der Waals surface area contributed by atoms with Crippen LogP contribution in [0.25, 0.3) is 11.1 Å². The highest BCUT2D eigenvalue weighted by molar-refractivity contribution is 6.70. The predicted molar refractivity (Wildman–Crippen MR) is 98.9 cm³/mol. The van der Waals surface area contributed by atoms with E-state index < -0.39 is 8.32 Å². The number of nitrogens with zero attached hydrogens (tertiary/aromatic N) is 1. The Labute approximate surface area is 143 Å². The highest BCUT2D eigenvalue weighted by Gasteiger charge is 2.24. The molecule has 0 N–H and O–H groups in total. The van der Waals surface area contributed by atoms with Gasteiger partial charge >= 0.3 is 0 Å². The van der Waals surface area contributed by atoms with Crippen LogP contribution in [-0.2, 0) is 9.22 Å². The average molecular weight is 333 g/mol. The van der Waals surface area contributed by atoms with Crippen LogP contribution in [0.15, 0.2) is 66.4 Å². The fourth-order valence-corrected chi connectivity index (χ4v) is 3.05. The van der Waals surface area contributed by atoms with Crippen LogP contribution in [0, 0.1) is 11.3 Å². The van der Waals surface area contributed by atoms with E-state index >= 15 is 0 Å². The zero-order valence-electron chi connectivity index (χ0n) is 14.0. The summed E-state index contributed by atoms with van der Waals surface area (Å²) in [7, 11) is -2.02. The molecule has 2 rings (SSSR count). The standard InChI is InChI=1S/C20H19NO2Si/c1-24(2,3)23-19(14-21)20(17-12-8-5-9-13-17)18(15-22)16-10-6-4-7-11-16/h4-13H,1-3H3/b20-19-. The molecule has 0 saturated carbocycles. The second-order valence-electron chi connectivity index (χ2n) is 6.24. The summed E-state index contributed by atoms with van der Waals surface area (Å²) in [5.41, 5.74) is 2.28. The van der Waals surface area contributed by atoms with Gasteiger partial charge in [0.05, 0.1) is 11.1 Å². The minimum Gasteiger partial charge on any atom is -0.537 e. The Kier molecular flexibility index (Phi) is 5.54. The molecule has 3 nitrogen and oxygen atoms in total. The monoisotopic (exact) mass is 333 g/mol. The molecule has 2 aromatic carbocycles. The average Bonchev–Trinajstić information content (AvgIpc) is 2.58. The smallest absolute Gasteiger partial charge is 0.243 e. The quantitative estimate of drug-likeness (QED) is 0.262. The molecular weight excluding hydrogens is 314 g/mol. The summed E-state index contributed by atoms with van der Waals surface area (Å²) in [6.45, 7) is 6.00. The Balaban J connectivity index is 2.73. The maximum Gasteiger partial charge on any atom is 0.243 e. The van der Waals surface area contributed by atoms with Gasteiger partial charge in [-0.05, 0) is 30.8 Å². The third-order valence-electron chi connectivity index (χ3n) is 3.21. The Morgan fingerprint density at radius 1 is 0.917 bits per heavy atom. The first-order chi connectivity index (χ1) is 11.5. The molecule has 0 heterocycles. The molecule has 0 unspecified atom stereocenters. The van der Waals surface area contributed by atoms with Gasteiger partial charge in [-0.3, -0.25) is 0 Å². The highest BCUT2D eigenvalue weighted by Crippen LogP contribution is 2.33. The first kappa shape index (κ1) is 17.5. The van der Waals surface area contributed by atoms with Crippen molar-refractivity contribution in [1.29, 1.82) is 5.26 Å². The fraction of sp³-hybridized carbons (Fsp3) is 0.150. The molecule has 4 heteroatoms. The summed E-state index contributed by atoms with van der Waals surface area (Å²) >= 11 is 0. The van der Waals surface area contributed by atoms with Gasteiger partial charge in [0.2, 0.25) is 8.32 Å². The number of nitriles is 1. The van der Waals surface area contributed by atoms with Crippen LogP contribution in [0.5, 0.6) is 0 Å². The zero-order chi connectivity index (χ0) is 17.6. The molecule has 24 heavy (non-hydrogen) atoms. The molecule has 2 aromatic rings. The lowest BCUT2D eigenvalue weighted by Crippen LogP contribution is -2.25. The molecule has 0 aromatic heterocycles. The molecule has 0 atom stereocenters. The van der Waals surface area contributed by atoms with Crippen LogP contribution in [0.4, 0.5) is 0 Å². The van der Waals surface area contributed by atoms with Crippen LogP contribution in [0.2, 0.25) is 19.6 Å². The van der Waals surface area contributed by atoms with Gasteiger partial charge < -0.3 is 4.43 Å². The van der Waals surface area contributed by atoms with E-state index in [1.807, 2.05) is 86.2 Å². The van der Waals surface area contributed by atoms with E-state index in [1.54, 1.807) is 0 Å². The molecule has 120 valence electrons. The zero-order valence-corrected chi connectivity index (χ0v) is 15.0. The second-order valence-corrected chi connectivity index (χ2v) is 10.7. The third-order valence-corrected chi connectivity index (χ3v) is 4.03. The van der Waals surface area contributed by atoms with E-state index in [9.17, 15) is 10.1 Å². The van der Waals surface area contributed by atoms with E-state index in [0.717, 1.165) is 5.56 Å². The van der Waals surface area contributed by atoms with Crippen LogP contribution in [-0.4, -0.2) is 14.3 Å². The molecule has 0 aliphatic carbocycles. The van der Waals surface area contributed by atoms with Crippen LogP contribution >= 0.6 is 0 Å². The first-order valence-corrected chi connectivity index (χ1v) is 11.1. The number of carbonyl (C=O) groups excluding carboxylic acids is 1. The van der Waals surface area contributed by atoms with E-state index in [0.29, 0.717) is 16.7 Å². The van der Waals surface area contributed by atoms with Gasteiger partial charge in [0, 0.05) is 0 Å². The van der Waals surface area contributed by atoms with Crippen LogP contribution in [0.1, 0.15) is 11.1 Å². The summed E-state index contributed by atoms with van der Waals surface area (Å²) in [6.07, 6.45) is 0. The van der Waals surface area contributed by atoms with E-state index in [1.165, 1.54) is 0 Å². The van der Waals surface area contributed by atoms with E-state index in [-0.39, 0.29) is 5.76 Å². The Hall–Kier alpha value is -2.86. The van der Waals surface area contributed by atoms with Crippen molar-refractivity contribution in [2.75, 3.05) is 0 Å². The summed E-state index contributed by atoms with van der Waals surface area (Å²) in [5, 5.41) is 9.66. The van der Waals surface area contributed by atoms with Crippen LogP contribution in [0.3, 0.4) is 0 Å². The van der Waals surface area contributed by atoms with Gasteiger partial charge in [0.1, 0.15) is 12.0 Å². The molecule has 0 spiro atoms. The van der Waals surface area contributed by atoms with E-state index in [2.05, 4.69) is 6.07 Å². The summed E-state index contributed by atoms with van der Waals surface area (Å²) in [4.78, 5) is 11.8. The Morgan fingerprint density at radius 3 is 1.83 bits per heavy atom. The highest BCUT2D eigenvalue weighted by atomic mass is 28.4. The second kappa shape index (κ2) is 7.61. The number of benzene rings is 2. The van der Waals surface area contributed by atoms with Gasteiger partial charge in [-0.25, -0.2) is 4.79 Å². The Bertz CT molecular complexity index is 821. The molecular formula is C20H19NO2Si. The largest absolute Gasteiger partial charge is 0.537 e. The SMILES string of the molecule is C[Si](C)(C)O/C(C#N)=C(\C(=C=O)c1ccccc1)c1ccccc1. The molecule has 0 bridgehead atoms. The number of hydrogen-bond donors (Lipinski definition) is 0. The van der Waals surface area contributed by atoms with Gasteiger partial charge in [0.25, 0.3) is 0 Å². The predicted octanol–water partition coefficient (Wildman–Crippen LogP) is 4.69. The summed E-state index contributed by atoms with van der Waals surface area (Å²) < 4.78 is 5.97. The van der Waals surface area contributed by atoms with Gasteiger partial charge in [-0.15, -0.1) is 0 Å². The maximum atomic E-state index is 11.8. The Morgan fingerprint density at radius 2 is 1.42 bits per heavy atom. The first-order valence-electron chi connectivity index (χ1n) is 7.66. The topological polar surface area (TPSA) is 50.1 Å². The number of allylic oxidation sites excluding steroid dienone is 3. The molecule has 0 saturated heterocycles. The van der Waals surface area contributed by atoms with Crippen molar-refractivity contribution in [3.63, 3.8) is 0 Å². The molecule has 0 amide bonds. The fourth-order valence-electron chi connectivity index (χ4n) is 2.29. The van der Waals surface area contributed by atoms with Crippen molar-refractivity contribution in [2.45, 2.75) is 19.6 Å². The minimum absolute atomic E-state index is 0.169. The van der Waals surface area contributed by atoms with Crippen LogP contribution < -0.4 is 0 Å². The van der Waals surface area contributed by atoms with E-state index in [4.69, 9.17) is 4.43 Å². The van der Waals surface area contributed by atoms with Crippen molar-refractivity contribution >= 4 is 25.4 Å². The lowest BCUT2D eigenvalue weighted by Gasteiger charge is -2.21. The number of hydrogen-bond acceptors (Lipinski definition) is 3. The summed E-state index contributed by atoms with van der Waals surface area (Å²) in [5.74, 6) is 2.18. The molecule has 0 radical (unpaired) electrons. The van der Waals surface area contributed by atoms with Crippen molar-refractivity contribution in [3.05, 3.63) is 77.5 Å². The summed E-state index contributed by atoms with van der Waals surface area (Å²) in [6, 6.07) is 20.7. The normalized spacial score (nSPS) is 11.8. The lowest BCUT2D eigenvalue weighted by molar-refractivity contribution is 0.448.